The molecule has 4 rings (SSSR count). The number of carbonyl (C=O) groups is 1. The number of anilines is 1. The second kappa shape index (κ2) is 7.56. The van der Waals surface area contributed by atoms with E-state index < -0.39 is 10.0 Å². The second-order valence-electron chi connectivity index (χ2n) is 6.82. The van der Waals surface area contributed by atoms with Gasteiger partial charge in [0.15, 0.2) is 5.78 Å². The van der Waals surface area contributed by atoms with Crippen LogP contribution in [0.25, 0.3) is 10.9 Å². The predicted molar refractivity (Wildman–Crippen MR) is 114 cm³/mol. The highest BCUT2D eigenvalue weighted by molar-refractivity contribution is 8.00. The second-order valence-corrected chi connectivity index (χ2v) is 9.74. The lowest BCUT2D eigenvalue weighted by Gasteiger charge is -2.29. The largest absolute Gasteiger partial charge is 0.293 e. The van der Waals surface area contributed by atoms with Gasteiger partial charge in [0.2, 0.25) is 10.0 Å². The quantitative estimate of drug-likeness (QED) is 0.469. The molecule has 0 N–H and O–H groups in total. The van der Waals surface area contributed by atoms with Crippen molar-refractivity contribution in [3.05, 3.63) is 65.9 Å². The van der Waals surface area contributed by atoms with Gasteiger partial charge < -0.3 is 0 Å². The Balaban J connectivity index is 1.54. The number of nitrogens with zero attached hydrogens (tertiary/aromatic N) is 2. The third-order valence-electron chi connectivity index (χ3n) is 4.85. The maximum absolute atomic E-state index is 12.7. The van der Waals surface area contributed by atoms with Crippen molar-refractivity contribution >= 4 is 44.2 Å². The number of Topliss-reactive ketones (excluding diaryl/α,β-unsaturated/α-hetero) is 1. The van der Waals surface area contributed by atoms with E-state index in [0.29, 0.717) is 23.5 Å². The van der Waals surface area contributed by atoms with E-state index in [0.717, 1.165) is 34.2 Å². The van der Waals surface area contributed by atoms with E-state index >= 15 is 0 Å². The van der Waals surface area contributed by atoms with Gasteiger partial charge in [-0.3, -0.25) is 14.1 Å². The van der Waals surface area contributed by atoms with Crippen molar-refractivity contribution in [2.45, 2.75) is 17.7 Å². The van der Waals surface area contributed by atoms with Gasteiger partial charge in [-0.05, 0) is 48.7 Å². The van der Waals surface area contributed by atoms with Gasteiger partial charge >= 0.3 is 0 Å². The summed E-state index contributed by atoms with van der Waals surface area (Å²) in [6.07, 6.45) is 4.52. The molecule has 1 aliphatic rings. The van der Waals surface area contributed by atoms with Crippen LogP contribution in [0.1, 0.15) is 22.3 Å². The first-order valence-corrected chi connectivity index (χ1v) is 11.9. The lowest BCUT2D eigenvalue weighted by atomic mass is 9.99. The molecule has 1 aromatic heterocycles. The zero-order valence-corrected chi connectivity index (χ0v) is 17.1. The zero-order chi connectivity index (χ0) is 19.7. The Morgan fingerprint density at radius 1 is 1.18 bits per heavy atom. The summed E-state index contributed by atoms with van der Waals surface area (Å²) in [4.78, 5) is 18.1. The Morgan fingerprint density at radius 2 is 2.00 bits per heavy atom. The number of benzene rings is 2. The molecule has 0 amide bonds. The molecule has 0 fully saturated rings. The van der Waals surface area contributed by atoms with Crippen LogP contribution in [0.3, 0.4) is 0 Å². The number of rotatable bonds is 5. The van der Waals surface area contributed by atoms with Crippen molar-refractivity contribution in [2.75, 3.05) is 22.9 Å². The minimum Gasteiger partial charge on any atom is -0.293 e. The molecule has 0 saturated carbocycles. The first kappa shape index (κ1) is 19.0. The van der Waals surface area contributed by atoms with Gasteiger partial charge in [-0.2, -0.15) is 0 Å². The Kier molecular flexibility index (Phi) is 5.12. The van der Waals surface area contributed by atoms with E-state index in [1.165, 1.54) is 22.3 Å². The third kappa shape index (κ3) is 3.77. The van der Waals surface area contributed by atoms with Crippen LogP contribution in [0.5, 0.6) is 0 Å². The van der Waals surface area contributed by atoms with Crippen molar-refractivity contribution in [3.63, 3.8) is 0 Å². The smallest absolute Gasteiger partial charge is 0.232 e. The van der Waals surface area contributed by atoms with E-state index in [4.69, 9.17) is 0 Å². The van der Waals surface area contributed by atoms with Crippen molar-refractivity contribution in [3.8, 4) is 0 Å². The summed E-state index contributed by atoms with van der Waals surface area (Å²) < 4.78 is 25.4. The average Bonchev–Trinajstić information content (AvgIpc) is 2.70. The standard InChI is InChI=1S/C21H20N2O3S2/c1-28(25,26)23-12-4-5-15-13-16(8-9-19(15)23)20(24)14-27-21-10-11-22-18-7-3-2-6-17(18)21/h2-3,6-11,13H,4-5,12,14H2,1H3. The molecular formula is C21H20N2O3S2. The number of para-hydroxylation sites is 1. The summed E-state index contributed by atoms with van der Waals surface area (Å²) in [6.45, 7) is 0.490. The lowest BCUT2D eigenvalue weighted by Crippen LogP contribution is -2.34. The van der Waals surface area contributed by atoms with Crippen molar-refractivity contribution in [2.24, 2.45) is 0 Å². The number of hydrogen-bond donors (Lipinski definition) is 0. The summed E-state index contributed by atoms with van der Waals surface area (Å²) in [5.74, 6) is 0.355. The lowest BCUT2D eigenvalue weighted by molar-refractivity contribution is 0.102. The molecule has 28 heavy (non-hydrogen) atoms. The molecule has 144 valence electrons. The fourth-order valence-electron chi connectivity index (χ4n) is 3.50. The first-order chi connectivity index (χ1) is 13.4. The highest BCUT2D eigenvalue weighted by atomic mass is 32.2. The van der Waals surface area contributed by atoms with Crippen LogP contribution in [-0.4, -0.2) is 37.7 Å². The Morgan fingerprint density at radius 3 is 2.82 bits per heavy atom. The van der Waals surface area contributed by atoms with Crippen LogP contribution in [0.2, 0.25) is 0 Å². The molecule has 7 heteroatoms. The molecule has 2 heterocycles. The highest BCUT2D eigenvalue weighted by Crippen LogP contribution is 2.31. The maximum atomic E-state index is 12.7. The van der Waals surface area contributed by atoms with Crippen LogP contribution in [0.4, 0.5) is 5.69 Å². The molecule has 0 aliphatic carbocycles. The monoisotopic (exact) mass is 412 g/mol. The topological polar surface area (TPSA) is 67.3 Å². The molecule has 5 nitrogen and oxygen atoms in total. The van der Waals surface area contributed by atoms with Crippen LogP contribution in [0.15, 0.2) is 59.6 Å². The van der Waals surface area contributed by atoms with Crippen molar-refractivity contribution < 1.29 is 13.2 Å². The first-order valence-electron chi connectivity index (χ1n) is 9.04. The predicted octanol–water partition coefficient (Wildman–Crippen LogP) is 3.92. The molecule has 2 aromatic carbocycles. The summed E-state index contributed by atoms with van der Waals surface area (Å²) >= 11 is 1.50. The minimum absolute atomic E-state index is 0.0326. The normalized spacial score (nSPS) is 14.1. The van der Waals surface area contributed by atoms with Crippen LogP contribution >= 0.6 is 11.8 Å². The Hall–Kier alpha value is -2.38. The van der Waals surface area contributed by atoms with Gasteiger partial charge in [0.05, 0.1) is 23.2 Å². The van der Waals surface area contributed by atoms with Gasteiger partial charge in [0.25, 0.3) is 0 Å². The molecular weight excluding hydrogens is 392 g/mol. The summed E-state index contributed by atoms with van der Waals surface area (Å²) in [5.41, 5.74) is 3.15. The van der Waals surface area contributed by atoms with Crippen LogP contribution < -0.4 is 4.31 Å². The van der Waals surface area contributed by atoms with Gasteiger partial charge in [-0.15, -0.1) is 11.8 Å². The number of sulfonamides is 1. The number of pyridine rings is 1. The highest BCUT2D eigenvalue weighted by Gasteiger charge is 2.24. The zero-order valence-electron chi connectivity index (χ0n) is 15.5. The van der Waals surface area contributed by atoms with Crippen LogP contribution in [0, 0.1) is 0 Å². The molecule has 0 saturated heterocycles. The molecule has 3 aromatic rings. The van der Waals surface area contributed by atoms with E-state index in [2.05, 4.69) is 4.98 Å². The number of thioether (sulfide) groups is 1. The molecule has 0 unspecified atom stereocenters. The van der Waals surface area contributed by atoms with E-state index in [1.807, 2.05) is 36.4 Å². The number of hydrogen-bond acceptors (Lipinski definition) is 5. The fourth-order valence-corrected chi connectivity index (χ4v) is 5.44. The van der Waals surface area contributed by atoms with Gasteiger partial charge in [-0.1, -0.05) is 18.2 Å². The Labute approximate surface area is 168 Å². The number of fused-ring (bicyclic) bond motifs is 2. The Bertz CT molecular complexity index is 1150. The third-order valence-corrected chi connectivity index (χ3v) is 7.10. The number of carbonyl (C=O) groups excluding carboxylic acids is 1. The maximum Gasteiger partial charge on any atom is 0.232 e. The van der Waals surface area contributed by atoms with Gasteiger partial charge in [0.1, 0.15) is 0 Å². The summed E-state index contributed by atoms with van der Waals surface area (Å²) in [6, 6.07) is 15.1. The number of aromatic nitrogens is 1. The SMILES string of the molecule is CS(=O)(=O)N1CCCc2cc(C(=O)CSc3ccnc4ccccc34)ccc21. The van der Waals surface area contributed by atoms with Crippen LogP contribution in [-0.2, 0) is 16.4 Å². The van der Waals surface area contributed by atoms with E-state index in [-0.39, 0.29) is 5.78 Å². The van der Waals surface area contributed by atoms with E-state index in [1.54, 1.807) is 18.3 Å². The molecule has 1 aliphatic heterocycles. The van der Waals surface area contributed by atoms with Crippen molar-refractivity contribution in [1.29, 1.82) is 0 Å². The average molecular weight is 413 g/mol. The number of ketones is 1. The minimum atomic E-state index is -3.30. The van der Waals surface area contributed by atoms with Crippen molar-refractivity contribution in [1.82, 2.24) is 4.98 Å². The fraction of sp³-hybridized carbons (Fsp3) is 0.238. The summed E-state index contributed by atoms with van der Waals surface area (Å²) in [5, 5.41) is 1.04. The molecule has 0 atom stereocenters. The summed E-state index contributed by atoms with van der Waals surface area (Å²) in [7, 11) is -3.30. The molecule has 0 spiro atoms. The van der Waals surface area contributed by atoms with Gasteiger partial charge in [0, 0.05) is 28.6 Å². The van der Waals surface area contributed by atoms with Gasteiger partial charge in [-0.25, -0.2) is 8.42 Å². The molecule has 0 bridgehead atoms. The van der Waals surface area contributed by atoms with E-state index in [9.17, 15) is 13.2 Å². The molecule has 0 radical (unpaired) electrons. The number of aryl methyl sites for hydroxylation is 1.